The van der Waals surface area contributed by atoms with E-state index in [0.29, 0.717) is 0 Å². The van der Waals surface area contributed by atoms with Crippen LogP contribution in [0.1, 0.15) is 23.7 Å². The van der Waals surface area contributed by atoms with Crippen molar-refractivity contribution >= 4 is 11.3 Å². The summed E-state index contributed by atoms with van der Waals surface area (Å²) in [5.74, 6) is 0. The predicted octanol–water partition coefficient (Wildman–Crippen LogP) is 2.58. The molecule has 0 saturated carbocycles. The molecule has 1 rings (SSSR count). The molecule has 6 heteroatoms. The Hall–Kier alpha value is -1.10. The van der Waals surface area contributed by atoms with Gasteiger partial charge in [0.05, 0.1) is 11.7 Å². The number of azide groups is 1. The van der Waals surface area contributed by atoms with E-state index >= 15 is 0 Å². The summed E-state index contributed by atoms with van der Waals surface area (Å²) in [4.78, 5) is 9.20. The zero-order valence-electron chi connectivity index (χ0n) is 8.51. The highest BCUT2D eigenvalue weighted by molar-refractivity contribution is 7.09. The molecule has 0 aliphatic carbocycles. The lowest BCUT2D eigenvalue weighted by Crippen LogP contribution is -2.10. The number of hydrogen-bond donors (Lipinski definition) is 0. The van der Waals surface area contributed by atoms with Gasteiger partial charge in [-0.15, -0.1) is 11.3 Å². The molecule has 1 aromatic heterocycles. The first-order valence-corrected chi connectivity index (χ1v) is 5.14. The van der Waals surface area contributed by atoms with Crippen LogP contribution in [0.15, 0.2) is 10.5 Å². The van der Waals surface area contributed by atoms with Crippen molar-refractivity contribution in [3.8, 4) is 0 Å². The summed E-state index contributed by atoms with van der Waals surface area (Å²) in [7, 11) is 3.99. The Morgan fingerprint density at radius 3 is 3.00 bits per heavy atom. The number of aromatic nitrogens is 1. The maximum Gasteiger partial charge on any atom is 0.101 e. The van der Waals surface area contributed by atoms with Crippen LogP contribution in [0.4, 0.5) is 0 Å². The van der Waals surface area contributed by atoms with Crippen LogP contribution >= 0.6 is 11.3 Å². The monoisotopic (exact) mass is 211 g/mol. The Kier molecular flexibility index (Phi) is 3.88. The van der Waals surface area contributed by atoms with Gasteiger partial charge in [-0.3, -0.25) is 0 Å². The van der Waals surface area contributed by atoms with Crippen molar-refractivity contribution in [2.24, 2.45) is 5.11 Å². The van der Waals surface area contributed by atoms with Crippen molar-refractivity contribution in [3.63, 3.8) is 0 Å². The average Bonchev–Trinajstić information content (AvgIpc) is 2.52. The molecule has 76 valence electrons. The van der Waals surface area contributed by atoms with Gasteiger partial charge in [-0.2, -0.15) is 0 Å². The summed E-state index contributed by atoms with van der Waals surface area (Å²) in [6.07, 6.45) is 0. The molecule has 14 heavy (non-hydrogen) atoms. The van der Waals surface area contributed by atoms with E-state index in [0.717, 1.165) is 17.2 Å². The molecule has 0 spiro atoms. The summed E-state index contributed by atoms with van der Waals surface area (Å²) in [5, 5.41) is 6.48. The van der Waals surface area contributed by atoms with Crippen molar-refractivity contribution in [3.05, 3.63) is 26.5 Å². The van der Waals surface area contributed by atoms with E-state index in [2.05, 4.69) is 19.9 Å². The lowest BCUT2D eigenvalue weighted by Gasteiger charge is -2.05. The minimum absolute atomic E-state index is 0.166. The minimum Gasteiger partial charge on any atom is -0.304 e. The largest absolute Gasteiger partial charge is 0.304 e. The quantitative estimate of drug-likeness (QED) is 0.436. The zero-order valence-corrected chi connectivity index (χ0v) is 9.32. The van der Waals surface area contributed by atoms with Gasteiger partial charge in [0.25, 0.3) is 0 Å². The lowest BCUT2D eigenvalue weighted by molar-refractivity contribution is 0.397. The summed E-state index contributed by atoms with van der Waals surface area (Å²) >= 11 is 1.54. The Morgan fingerprint density at radius 2 is 2.43 bits per heavy atom. The maximum atomic E-state index is 8.28. The van der Waals surface area contributed by atoms with Crippen molar-refractivity contribution in [2.45, 2.75) is 19.5 Å². The summed E-state index contributed by atoms with van der Waals surface area (Å²) in [6.45, 7) is 2.66. The van der Waals surface area contributed by atoms with Crippen LogP contribution in [0.2, 0.25) is 0 Å². The van der Waals surface area contributed by atoms with E-state index in [-0.39, 0.29) is 6.04 Å². The zero-order chi connectivity index (χ0) is 10.6. The minimum atomic E-state index is -0.166. The molecule has 0 N–H and O–H groups in total. The van der Waals surface area contributed by atoms with Crippen LogP contribution in [0, 0.1) is 0 Å². The van der Waals surface area contributed by atoms with E-state index in [4.69, 9.17) is 5.53 Å². The van der Waals surface area contributed by atoms with Crippen LogP contribution < -0.4 is 0 Å². The number of nitrogens with zero attached hydrogens (tertiary/aromatic N) is 5. The molecular weight excluding hydrogens is 198 g/mol. The molecule has 0 aliphatic heterocycles. The molecule has 0 bridgehead atoms. The first kappa shape index (κ1) is 11.0. The van der Waals surface area contributed by atoms with Crippen molar-refractivity contribution < 1.29 is 0 Å². The van der Waals surface area contributed by atoms with Gasteiger partial charge in [0.2, 0.25) is 0 Å². The van der Waals surface area contributed by atoms with Gasteiger partial charge in [-0.25, -0.2) is 4.98 Å². The molecule has 1 aromatic rings. The first-order chi connectivity index (χ1) is 6.63. The summed E-state index contributed by atoms with van der Waals surface area (Å²) < 4.78 is 0. The fraction of sp³-hybridized carbons (Fsp3) is 0.625. The molecule has 5 nitrogen and oxygen atoms in total. The van der Waals surface area contributed by atoms with E-state index in [9.17, 15) is 0 Å². The van der Waals surface area contributed by atoms with Crippen molar-refractivity contribution in [2.75, 3.05) is 14.1 Å². The van der Waals surface area contributed by atoms with Crippen molar-refractivity contribution in [1.29, 1.82) is 0 Å². The third kappa shape index (κ3) is 2.99. The molecule has 0 aromatic carbocycles. The fourth-order valence-electron chi connectivity index (χ4n) is 1.04. The Balaban J connectivity index is 2.72. The van der Waals surface area contributed by atoms with Crippen LogP contribution in [-0.4, -0.2) is 24.0 Å². The summed E-state index contributed by atoms with van der Waals surface area (Å²) in [6, 6.07) is -0.166. The van der Waals surface area contributed by atoms with Gasteiger partial charge in [-0.1, -0.05) is 12.0 Å². The van der Waals surface area contributed by atoms with Crippen LogP contribution in [0.3, 0.4) is 0 Å². The lowest BCUT2D eigenvalue weighted by atomic mass is 10.4. The Morgan fingerprint density at radius 1 is 1.71 bits per heavy atom. The second-order valence-corrected chi connectivity index (χ2v) is 4.19. The van der Waals surface area contributed by atoms with E-state index in [1.807, 2.05) is 26.4 Å². The van der Waals surface area contributed by atoms with E-state index in [1.54, 1.807) is 0 Å². The van der Waals surface area contributed by atoms with E-state index in [1.165, 1.54) is 11.3 Å². The maximum absolute atomic E-state index is 8.28. The van der Waals surface area contributed by atoms with Crippen LogP contribution in [-0.2, 0) is 6.54 Å². The van der Waals surface area contributed by atoms with Gasteiger partial charge in [0, 0.05) is 16.8 Å². The molecule has 0 amide bonds. The predicted molar refractivity (Wildman–Crippen MR) is 57.1 cm³/mol. The Bertz CT molecular complexity index is 339. The Labute approximate surface area is 87.0 Å². The topological polar surface area (TPSA) is 64.9 Å². The second kappa shape index (κ2) is 4.95. The molecule has 1 heterocycles. The van der Waals surface area contributed by atoms with Gasteiger partial charge in [0.15, 0.2) is 0 Å². The van der Waals surface area contributed by atoms with E-state index < -0.39 is 0 Å². The SMILES string of the molecule is CC(N=[N+]=[N-])c1nc(CN(C)C)cs1. The van der Waals surface area contributed by atoms with Crippen LogP contribution in [0.25, 0.3) is 10.4 Å². The van der Waals surface area contributed by atoms with Crippen LogP contribution in [0.5, 0.6) is 0 Å². The number of rotatable bonds is 4. The molecule has 0 radical (unpaired) electrons. The van der Waals surface area contributed by atoms with Gasteiger partial charge in [0.1, 0.15) is 5.01 Å². The highest BCUT2D eigenvalue weighted by Crippen LogP contribution is 2.21. The molecule has 0 aliphatic rings. The standard InChI is InChI=1S/C8H13N5S/c1-6(11-12-9)8-10-7(5-14-8)4-13(2)3/h5-6H,4H2,1-3H3. The molecular formula is C8H13N5S. The first-order valence-electron chi connectivity index (χ1n) is 4.26. The molecule has 0 saturated heterocycles. The fourth-order valence-corrected chi connectivity index (χ4v) is 1.84. The summed E-state index contributed by atoms with van der Waals surface area (Å²) in [5.41, 5.74) is 9.30. The third-order valence-electron chi connectivity index (χ3n) is 1.63. The van der Waals surface area contributed by atoms with Crippen molar-refractivity contribution in [1.82, 2.24) is 9.88 Å². The van der Waals surface area contributed by atoms with Gasteiger partial charge in [-0.05, 0) is 19.6 Å². The smallest absolute Gasteiger partial charge is 0.101 e. The number of thiazole rings is 1. The highest BCUT2D eigenvalue weighted by atomic mass is 32.1. The molecule has 1 atom stereocenters. The van der Waals surface area contributed by atoms with Gasteiger partial charge < -0.3 is 4.90 Å². The second-order valence-electron chi connectivity index (χ2n) is 3.30. The molecule has 1 unspecified atom stereocenters. The highest BCUT2D eigenvalue weighted by Gasteiger charge is 2.08. The third-order valence-corrected chi connectivity index (χ3v) is 2.69. The normalized spacial score (nSPS) is 12.6. The number of hydrogen-bond acceptors (Lipinski definition) is 4. The average molecular weight is 211 g/mol. The van der Waals surface area contributed by atoms with Gasteiger partial charge >= 0.3 is 0 Å². The molecule has 0 fully saturated rings.